The highest BCUT2D eigenvalue weighted by atomic mass is 19.1. The van der Waals surface area contributed by atoms with Crippen molar-refractivity contribution in [2.75, 3.05) is 11.9 Å². The zero-order valence-electron chi connectivity index (χ0n) is 11.0. The van der Waals surface area contributed by atoms with Crippen LogP contribution in [0.25, 0.3) is 0 Å². The molecule has 0 atom stereocenters. The number of nitrogens with one attached hydrogen (secondary N) is 1. The molecule has 0 spiro atoms. The lowest BCUT2D eigenvalue weighted by Crippen LogP contribution is -2.44. The summed E-state index contributed by atoms with van der Waals surface area (Å²) < 4.78 is 13.3. The number of nitrogens with zero attached hydrogens (tertiary/aromatic N) is 1. The van der Waals surface area contributed by atoms with Gasteiger partial charge in [0.15, 0.2) is 11.6 Å². The molecule has 1 saturated carbocycles. The number of urea groups is 1. The highest BCUT2D eigenvalue weighted by Crippen LogP contribution is 2.29. The van der Waals surface area contributed by atoms with Gasteiger partial charge < -0.3 is 10.4 Å². The quantitative estimate of drug-likeness (QED) is 0.864. The average molecular weight is 266 g/mol. The maximum absolute atomic E-state index is 13.3. The number of amides is 2. The predicted molar refractivity (Wildman–Crippen MR) is 71.9 cm³/mol. The molecule has 0 bridgehead atoms. The van der Waals surface area contributed by atoms with Gasteiger partial charge >= 0.3 is 6.03 Å². The Morgan fingerprint density at radius 1 is 1.37 bits per heavy atom. The lowest BCUT2D eigenvalue weighted by Gasteiger charge is -2.26. The van der Waals surface area contributed by atoms with Gasteiger partial charge in [-0.15, -0.1) is 0 Å². The number of phenols is 1. The Morgan fingerprint density at radius 3 is 2.74 bits per heavy atom. The fourth-order valence-corrected chi connectivity index (χ4v) is 2.40. The first kappa shape index (κ1) is 13.6. The van der Waals surface area contributed by atoms with Gasteiger partial charge in [-0.2, -0.15) is 0 Å². The van der Waals surface area contributed by atoms with Crippen molar-refractivity contribution in [3.05, 3.63) is 24.0 Å². The molecule has 5 heteroatoms. The minimum Gasteiger partial charge on any atom is -0.503 e. The largest absolute Gasteiger partial charge is 0.503 e. The van der Waals surface area contributed by atoms with E-state index in [0.717, 1.165) is 31.7 Å². The molecule has 2 rings (SSSR count). The molecule has 1 aromatic rings. The van der Waals surface area contributed by atoms with E-state index >= 15 is 0 Å². The molecule has 104 valence electrons. The Balaban J connectivity index is 2.03. The molecule has 19 heavy (non-hydrogen) atoms. The molecule has 0 radical (unpaired) electrons. The summed E-state index contributed by atoms with van der Waals surface area (Å²) in [6.07, 6.45) is 5.43. The van der Waals surface area contributed by atoms with Gasteiger partial charge in [-0.05, 0) is 25.0 Å². The Hall–Kier alpha value is -1.78. The molecular formula is C14H19FN2O2. The van der Waals surface area contributed by atoms with Gasteiger partial charge in [-0.1, -0.05) is 25.3 Å². The van der Waals surface area contributed by atoms with Gasteiger partial charge in [0.25, 0.3) is 0 Å². The lowest BCUT2D eigenvalue weighted by molar-refractivity contribution is 0.239. The summed E-state index contributed by atoms with van der Waals surface area (Å²) in [5, 5.41) is 12.5. The van der Waals surface area contributed by atoms with Gasteiger partial charge in [-0.3, -0.25) is 4.90 Å². The van der Waals surface area contributed by atoms with Crippen LogP contribution < -0.4 is 10.2 Å². The average Bonchev–Trinajstić information content (AvgIpc) is 2.42. The molecule has 1 fully saturated rings. The number of anilines is 1. The van der Waals surface area contributed by atoms with Crippen LogP contribution in [0.5, 0.6) is 5.75 Å². The molecule has 2 N–H and O–H groups in total. The van der Waals surface area contributed by atoms with Crippen LogP contribution in [0.3, 0.4) is 0 Å². The highest BCUT2D eigenvalue weighted by molar-refractivity contribution is 5.93. The van der Waals surface area contributed by atoms with Crippen LogP contribution in [-0.2, 0) is 0 Å². The van der Waals surface area contributed by atoms with Crippen molar-refractivity contribution in [1.29, 1.82) is 0 Å². The van der Waals surface area contributed by atoms with E-state index < -0.39 is 11.6 Å². The minimum atomic E-state index is -0.727. The maximum atomic E-state index is 13.3. The van der Waals surface area contributed by atoms with E-state index in [1.165, 1.54) is 30.5 Å². The number of aromatic hydroxyl groups is 1. The summed E-state index contributed by atoms with van der Waals surface area (Å²) in [7, 11) is 1.52. The number of hydrogen-bond donors (Lipinski definition) is 2. The molecule has 0 aromatic heterocycles. The van der Waals surface area contributed by atoms with E-state index in [1.807, 2.05) is 0 Å². The number of para-hydroxylation sites is 1. The summed E-state index contributed by atoms with van der Waals surface area (Å²) in [6, 6.07) is 4.01. The first-order valence-corrected chi connectivity index (χ1v) is 6.61. The molecule has 1 aliphatic carbocycles. The third-order valence-corrected chi connectivity index (χ3v) is 3.56. The molecule has 0 aliphatic heterocycles. The van der Waals surface area contributed by atoms with E-state index in [4.69, 9.17) is 0 Å². The maximum Gasteiger partial charge on any atom is 0.321 e. The molecule has 0 unspecified atom stereocenters. The van der Waals surface area contributed by atoms with Crippen LogP contribution in [0, 0.1) is 5.82 Å². The highest BCUT2D eigenvalue weighted by Gasteiger charge is 2.20. The molecule has 1 aromatic carbocycles. The monoisotopic (exact) mass is 266 g/mol. The normalized spacial score (nSPS) is 16.1. The second kappa shape index (κ2) is 5.91. The summed E-state index contributed by atoms with van der Waals surface area (Å²) in [4.78, 5) is 13.3. The van der Waals surface area contributed by atoms with Crippen LogP contribution in [-0.4, -0.2) is 24.2 Å². The molecule has 0 saturated heterocycles. The van der Waals surface area contributed by atoms with Gasteiger partial charge in [-0.25, -0.2) is 9.18 Å². The van der Waals surface area contributed by atoms with Crippen LogP contribution in [0.4, 0.5) is 14.9 Å². The van der Waals surface area contributed by atoms with Crippen molar-refractivity contribution in [1.82, 2.24) is 5.32 Å². The number of benzene rings is 1. The Kier molecular flexibility index (Phi) is 4.24. The van der Waals surface area contributed by atoms with E-state index in [1.54, 1.807) is 0 Å². The number of halogens is 1. The van der Waals surface area contributed by atoms with Crippen molar-refractivity contribution in [2.24, 2.45) is 0 Å². The van der Waals surface area contributed by atoms with E-state index in [2.05, 4.69) is 5.32 Å². The summed E-state index contributed by atoms with van der Waals surface area (Å²) >= 11 is 0. The summed E-state index contributed by atoms with van der Waals surface area (Å²) in [5.41, 5.74) is 0.174. The molecule has 0 heterocycles. The van der Waals surface area contributed by atoms with Gasteiger partial charge in [0, 0.05) is 13.1 Å². The predicted octanol–water partition coefficient (Wildman–Crippen LogP) is 3.01. The van der Waals surface area contributed by atoms with Gasteiger partial charge in [0.05, 0.1) is 5.69 Å². The van der Waals surface area contributed by atoms with E-state index in [0.29, 0.717) is 0 Å². The van der Waals surface area contributed by atoms with Crippen LogP contribution in [0.2, 0.25) is 0 Å². The molecular weight excluding hydrogens is 247 g/mol. The van der Waals surface area contributed by atoms with Crippen molar-refractivity contribution in [3.8, 4) is 5.75 Å². The van der Waals surface area contributed by atoms with Crippen LogP contribution >= 0.6 is 0 Å². The Morgan fingerprint density at radius 2 is 2.05 bits per heavy atom. The standard InChI is InChI=1S/C14H19FN2O2/c1-17(12-9-5-8-11(15)13(12)18)14(19)16-10-6-3-2-4-7-10/h5,8-10,18H,2-4,6-7H2,1H3,(H,16,19). The molecule has 4 nitrogen and oxygen atoms in total. The number of phenolic OH excluding ortho intramolecular Hbond substituents is 1. The van der Waals surface area contributed by atoms with Crippen LogP contribution in [0.1, 0.15) is 32.1 Å². The summed E-state index contributed by atoms with van der Waals surface area (Å²) in [6.45, 7) is 0. The Bertz CT molecular complexity index is 459. The number of rotatable bonds is 2. The number of carbonyl (C=O) groups is 1. The second-order valence-corrected chi connectivity index (χ2v) is 4.95. The van der Waals surface area contributed by atoms with Crippen molar-refractivity contribution >= 4 is 11.7 Å². The van der Waals surface area contributed by atoms with Crippen molar-refractivity contribution < 1.29 is 14.3 Å². The second-order valence-electron chi connectivity index (χ2n) is 4.95. The first-order valence-electron chi connectivity index (χ1n) is 6.61. The van der Waals surface area contributed by atoms with Gasteiger partial charge in [0.2, 0.25) is 0 Å². The third-order valence-electron chi connectivity index (χ3n) is 3.56. The topological polar surface area (TPSA) is 52.6 Å². The lowest BCUT2D eigenvalue weighted by atomic mass is 9.96. The van der Waals surface area contributed by atoms with E-state index in [9.17, 15) is 14.3 Å². The fourth-order valence-electron chi connectivity index (χ4n) is 2.40. The molecule has 2 amide bonds. The zero-order chi connectivity index (χ0) is 13.8. The first-order chi connectivity index (χ1) is 9.09. The molecule has 1 aliphatic rings. The van der Waals surface area contributed by atoms with E-state index in [-0.39, 0.29) is 17.8 Å². The fraction of sp³-hybridized carbons (Fsp3) is 0.500. The van der Waals surface area contributed by atoms with Crippen LogP contribution in [0.15, 0.2) is 18.2 Å². The number of carbonyl (C=O) groups excluding carboxylic acids is 1. The van der Waals surface area contributed by atoms with Gasteiger partial charge in [0.1, 0.15) is 0 Å². The van der Waals surface area contributed by atoms with Crippen molar-refractivity contribution in [2.45, 2.75) is 38.1 Å². The summed E-state index contributed by atoms with van der Waals surface area (Å²) in [5.74, 6) is -1.22. The minimum absolute atomic E-state index is 0.174. The van der Waals surface area contributed by atoms with Crippen molar-refractivity contribution in [3.63, 3.8) is 0 Å². The SMILES string of the molecule is CN(C(=O)NC1CCCCC1)c1cccc(F)c1O. The smallest absolute Gasteiger partial charge is 0.321 e. The zero-order valence-corrected chi connectivity index (χ0v) is 11.0. The number of hydrogen-bond acceptors (Lipinski definition) is 2. The Labute approximate surface area is 112 Å². The third kappa shape index (κ3) is 3.16.